The zero-order valence-corrected chi connectivity index (χ0v) is 16.1. The van der Waals surface area contributed by atoms with Gasteiger partial charge in [-0.1, -0.05) is 54.6 Å². The third kappa shape index (κ3) is 4.65. The van der Waals surface area contributed by atoms with E-state index in [1.54, 1.807) is 29.2 Å². The largest absolute Gasteiger partial charge is 0.451 e. The van der Waals surface area contributed by atoms with E-state index in [0.29, 0.717) is 21.5 Å². The average Bonchev–Trinajstić information content (AvgIpc) is 3.13. The first-order chi connectivity index (χ1) is 12.5. The van der Waals surface area contributed by atoms with Crippen LogP contribution in [0.3, 0.4) is 0 Å². The molecule has 0 aliphatic heterocycles. The number of hydrogen-bond acceptors (Lipinski definition) is 4. The number of aromatic nitrogens is 3. The first kappa shape index (κ1) is 18.9. The lowest BCUT2D eigenvalue weighted by Crippen LogP contribution is -2.17. The van der Waals surface area contributed by atoms with E-state index in [0.717, 1.165) is 18.5 Å². The molecule has 1 unspecified atom stereocenters. The average molecular weight is 394 g/mol. The minimum Gasteiger partial charge on any atom is -0.451 e. The van der Waals surface area contributed by atoms with E-state index in [4.69, 9.17) is 27.9 Å². The Bertz CT molecular complexity index is 784. The van der Waals surface area contributed by atoms with Gasteiger partial charge in [-0.15, -0.1) is 0 Å². The smallest absolute Gasteiger partial charge is 0.303 e. The second kappa shape index (κ2) is 8.69. The highest BCUT2D eigenvalue weighted by Gasteiger charge is 2.26. The van der Waals surface area contributed by atoms with Crippen LogP contribution >= 0.6 is 23.2 Å². The van der Waals surface area contributed by atoms with Gasteiger partial charge in [0.2, 0.25) is 0 Å². The number of hydrogen-bond donors (Lipinski definition) is 0. The van der Waals surface area contributed by atoms with Crippen LogP contribution in [0.4, 0.5) is 0 Å². The van der Waals surface area contributed by atoms with Gasteiger partial charge in [0.1, 0.15) is 12.7 Å². The summed E-state index contributed by atoms with van der Waals surface area (Å²) in [6, 6.07) is 5.16. The van der Waals surface area contributed by atoms with Crippen molar-refractivity contribution in [1.82, 2.24) is 14.8 Å². The Balaban J connectivity index is 2.06. The summed E-state index contributed by atoms with van der Waals surface area (Å²) in [5, 5.41) is 5.23. The van der Waals surface area contributed by atoms with Crippen LogP contribution in [0.5, 0.6) is 0 Å². The van der Waals surface area contributed by atoms with Gasteiger partial charge in [-0.2, -0.15) is 5.10 Å². The summed E-state index contributed by atoms with van der Waals surface area (Å²) in [5.74, 6) is 0.0164. The number of rotatable bonds is 5. The molecule has 138 valence electrons. The summed E-state index contributed by atoms with van der Waals surface area (Å²) < 4.78 is 7.31. The van der Waals surface area contributed by atoms with Gasteiger partial charge >= 0.3 is 5.97 Å². The van der Waals surface area contributed by atoms with E-state index in [1.807, 2.05) is 0 Å². The quantitative estimate of drug-likeness (QED) is 0.645. The maximum atomic E-state index is 11.8. The SMILES string of the molecule is CC(=O)OC(C(=CC1CCCCC1)n1cncn1)c1ccc(Cl)cc1Cl. The molecule has 0 bridgehead atoms. The van der Waals surface area contributed by atoms with Crippen LogP contribution in [-0.2, 0) is 9.53 Å². The molecule has 1 atom stereocenters. The second-order valence-corrected chi connectivity index (χ2v) is 7.33. The molecule has 0 N–H and O–H groups in total. The summed E-state index contributed by atoms with van der Waals surface area (Å²) in [6.45, 7) is 1.39. The Kier molecular flexibility index (Phi) is 6.33. The number of allylic oxidation sites excluding steroid dienone is 1. The Morgan fingerprint density at radius 3 is 2.69 bits per heavy atom. The van der Waals surface area contributed by atoms with Crippen molar-refractivity contribution in [1.29, 1.82) is 0 Å². The number of carbonyl (C=O) groups is 1. The number of esters is 1. The highest BCUT2D eigenvalue weighted by Crippen LogP contribution is 2.37. The van der Waals surface area contributed by atoms with Crippen LogP contribution in [-0.4, -0.2) is 20.7 Å². The third-order valence-corrected chi connectivity index (χ3v) is 5.10. The summed E-state index contributed by atoms with van der Waals surface area (Å²) in [6.07, 6.45) is 10.4. The standard InChI is InChI=1S/C19H21Cl2N3O2/c1-13(25)26-19(16-8-7-15(20)10-17(16)21)18(24-12-22-11-23-24)9-14-5-3-2-4-6-14/h7-12,14,19H,2-6H2,1H3. The molecular weight excluding hydrogens is 373 g/mol. The molecule has 1 aliphatic rings. The highest BCUT2D eigenvalue weighted by atomic mass is 35.5. The van der Waals surface area contributed by atoms with E-state index < -0.39 is 12.1 Å². The lowest BCUT2D eigenvalue weighted by Gasteiger charge is -2.25. The Labute approximate surface area is 163 Å². The Morgan fingerprint density at radius 1 is 1.31 bits per heavy atom. The van der Waals surface area contributed by atoms with Crippen LogP contribution in [0.25, 0.3) is 5.70 Å². The minimum absolute atomic E-state index is 0.393. The van der Waals surface area contributed by atoms with Crippen molar-refractivity contribution in [2.75, 3.05) is 0 Å². The Hall–Kier alpha value is -1.85. The number of halogens is 2. The lowest BCUT2D eigenvalue weighted by atomic mass is 9.87. The molecule has 0 saturated heterocycles. The van der Waals surface area contributed by atoms with Gasteiger partial charge in [-0.25, -0.2) is 9.67 Å². The predicted molar refractivity (Wildman–Crippen MR) is 102 cm³/mol. The first-order valence-electron chi connectivity index (χ1n) is 8.73. The second-order valence-electron chi connectivity index (χ2n) is 6.48. The fourth-order valence-electron chi connectivity index (χ4n) is 3.33. The molecule has 1 fully saturated rings. The summed E-state index contributed by atoms with van der Waals surface area (Å²) in [4.78, 5) is 15.9. The normalized spacial score (nSPS) is 17.1. The highest BCUT2D eigenvalue weighted by molar-refractivity contribution is 6.35. The van der Waals surface area contributed by atoms with Crippen LogP contribution in [0, 0.1) is 5.92 Å². The number of nitrogens with zero attached hydrogens (tertiary/aromatic N) is 3. The van der Waals surface area contributed by atoms with Gasteiger partial charge in [0.05, 0.1) is 5.70 Å². The zero-order chi connectivity index (χ0) is 18.5. The van der Waals surface area contributed by atoms with Crippen LogP contribution in [0.1, 0.15) is 50.7 Å². The van der Waals surface area contributed by atoms with E-state index in [-0.39, 0.29) is 0 Å². The van der Waals surface area contributed by atoms with E-state index >= 15 is 0 Å². The van der Waals surface area contributed by atoms with Gasteiger partial charge in [-0.05, 0) is 30.9 Å². The summed E-state index contributed by atoms with van der Waals surface area (Å²) in [5.41, 5.74) is 1.41. The predicted octanol–water partition coefficient (Wildman–Crippen LogP) is 5.31. The third-order valence-electron chi connectivity index (χ3n) is 4.54. The van der Waals surface area contributed by atoms with E-state index in [9.17, 15) is 4.79 Å². The number of ether oxygens (including phenoxy) is 1. The topological polar surface area (TPSA) is 57.0 Å². The maximum absolute atomic E-state index is 11.8. The molecule has 0 radical (unpaired) electrons. The molecular formula is C19H21Cl2N3O2. The van der Waals surface area contributed by atoms with E-state index in [1.165, 1.54) is 32.5 Å². The molecule has 1 aromatic heterocycles. The number of benzene rings is 1. The molecule has 1 aromatic carbocycles. The molecule has 3 rings (SSSR count). The molecule has 0 spiro atoms. The Morgan fingerprint density at radius 2 is 2.08 bits per heavy atom. The van der Waals surface area contributed by atoms with Crippen molar-refractivity contribution < 1.29 is 9.53 Å². The fraction of sp³-hybridized carbons (Fsp3) is 0.421. The molecule has 5 nitrogen and oxygen atoms in total. The monoisotopic (exact) mass is 393 g/mol. The molecule has 2 aromatic rings. The number of carbonyl (C=O) groups excluding carboxylic acids is 1. The van der Waals surface area contributed by atoms with Crippen LogP contribution in [0.15, 0.2) is 36.9 Å². The van der Waals surface area contributed by atoms with Gasteiger partial charge in [0.15, 0.2) is 6.10 Å². The summed E-state index contributed by atoms with van der Waals surface area (Å²) in [7, 11) is 0. The van der Waals surface area contributed by atoms with Gasteiger partial charge < -0.3 is 4.74 Å². The van der Waals surface area contributed by atoms with Crippen molar-refractivity contribution in [3.63, 3.8) is 0 Å². The van der Waals surface area contributed by atoms with Crippen LogP contribution in [0.2, 0.25) is 10.0 Å². The van der Waals surface area contributed by atoms with E-state index in [2.05, 4.69) is 16.2 Å². The lowest BCUT2D eigenvalue weighted by molar-refractivity contribution is -0.144. The molecule has 26 heavy (non-hydrogen) atoms. The van der Waals surface area contributed by atoms with Crippen molar-refractivity contribution in [2.24, 2.45) is 5.92 Å². The fourth-order valence-corrected chi connectivity index (χ4v) is 3.84. The van der Waals surface area contributed by atoms with Gasteiger partial charge in [0, 0.05) is 22.5 Å². The first-order valence-corrected chi connectivity index (χ1v) is 9.49. The van der Waals surface area contributed by atoms with Crippen LogP contribution < -0.4 is 0 Å². The molecule has 1 heterocycles. The van der Waals surface area contributed by atoms with Crippen molar-refractivity contribution in [3.05, 3.63) is 52.5 Å². The molecule has 0 amide bonds. The molecule has 7 heteroatoms. The minimum atomic E-state index is -0.680. The maximum Gasteiger partial charge on any atom is 0.303 e. The zero-order valence-electron chi connectivity index (χ0n) is 14.6. The molecule has 1 aliphatic carbocycles. The summed E-state index contributed by atoms with van der Waals surface area (Å²) >= 11 is 12.4. The molecule has 1 saturated carbocycles. The van der Waals surface area contributed by atoms with Gasteiger partial charge in [-0.3, -0.25) is 4.79 Å². The van der Waals surface area contributed by atoms with Crippen molar-refractivity contribution in [3.8, 4) is 0 Å². The van der Waals surface area contributed by atoms with Crippen molar-refractivity contribution in [2.45, 2.75) is 45.1 Å². The van der Waals surface area contributed by atoms with Gasteiger partial charge in [0.25, 0.3) is 0 Å². The van der Waals surface area contributed by atoms with Crippen molar-refractivity contribution >= 4 is 34.9 Å².